The Balaban J connectivity index is 1.36. The van der Waals surface area contributed by atoms with Crippen molar-refractivity contribution >= 4 is 34.3 Å². The van der Waals surface area contributed by atoms with Gasteiger partial charge in [0.15, 0.2) is 16.6 Å². The van der Waals surface area contributed by atoms with E-state index in [1.807, 2.05) is 26.2 Å². The zero-order valence-electron chi connectivity index (χ0n) is 16.9. The van der Waals surface area contributed by atoms with Gasteiger partial charge < -0.3 is 20.1 Å². The zero-order chi connectivity index (χ0) is 21.5. The molecule has 4 rings (SSSR count). The smallest absolute Gasteiger partial charge is 0.325 e. The first-order valence-electron chi connectivity index (χ1n) is 9.47. The van der Waals surface area contributed by atoms with Gasteiger partial charge in [-0.15, -0.1) is 11.3 Å². The second-order valence-electron chi connectivity index (χ2n) is 8.15. The van der Waals surface area contributed by atoms with Crippen LogP contribution in [0.2, 0.25) is 0 Å². The number of thiazole rings is 1. The van der Waals surface area contributed by atoms with Crippen molar-refractivity contribution in [3.8, 4) is 11.5 Å². The zero-order valence-corrected chi connectivity index (χ0v) is 17.7. The molecule has 1 atom stereocenters. The second kappa shape index (κ2) is 7.60. The van der Waals surface area contributed by atoms with Crippen LogP contribution in [0, 0.1) is 0 Å². The van der Waals surface area contributed by atoms with Crippen molar-refractivity contribution in [1.82, 2.24) is 15.2 Å². The molecule has 30 heavy (non-hydrogen) atoms. The van der Waals surface area contributed by atoms with E-state index >= 15 is 0 Å². The topological polar surface area (TPSA) is 110 Å². The third-order valence-corrected chi connectivity index (χ3v) is 5.55. The Labute approximate surface area is 177 Å². The van der Waals surface area contributed by atoms with Crippen LogP contribution in [0.15, 0.2) is 23.6 Å². The molecule has 158 valence electrons. The molecule has 2 aliphatic heterocycles. The van der Waals surface area contributed by atoms with Crippen LogP contribution in [-0.2, 0) is 21.5 Å². The van der Waals surface area contributed by atoms with Crippen LogP contribution in [0.4, 0.5) is 9.93 Å². The number of amides is 4. The quantitative estimate of drug-likeness (QED) is 0.706. The van der Waals surface area contributed by atoms with Crippen molar-refractivity contribution < 1.29 is 23.9 Å². The summed E-state index contributed by atoms with van der Waals surface area (Å²) in [6, 6.07) is 3.80. The number of aromatic nitrogens is 1. The number of imide groups is 1. The summed E-state index contributed by atoms with van der Waals surface area (Å²) in [6.45, 7) is 6.34. The molecule has 1 saturated heterocycles. The maximum absolute atomic E-state index is 12.7. The van der Waals surface area contributed by atoms with Crippen LogP contribution in [-0.4, -0.2) is 40.6 Å². The SMILES string of the molecule is CC(C)(C)c1csc(NC(=O)C[C@@H]2NC(=O)N(Cc3ccc4c(c3)OCO4)C2=O)n1. The fraction of sp³-hybridized carbons (Fsp3) is 0.400. The highest BCUT2D eigenvalue weighted by molar-refractivity contribution is 7.13. The number of carbonyl (C=O) groups is 3. The van der Waals surface area contributed by atoms with Crippen LogP contribution in [0.3, 0.4) is 0 Å². The van der Waals surface area contributed by atoms with Crippen LogP contribution in [0.5, 0.6) is 11.5 Å². The predicted molar refractivity (Wildman–Crippen MR) is 109 cm³/mol. The Morgan fingerprint density at radius 3 is 2.80 bits per heavy atom. The van der Waals surface area contributed by atoms with Gasteiger partial charge in [-0.2, -0.15) is 0 Å². The van der Waals surface area contributed by atoms with Crippen molar-refractivity contribution in [1.29, 1.82) is 0 Å². The molecule has 1 fully saturated rings. The van der Waals surface area contributed by atoms with E-state index in [1.54, 1.807) is 18.2 Å². The maximum Gasteiger partial charge on any atom is 0.325 e. The van der Waals surface area contributed by atoms with Gasteiger partial charge in [0.1, 0.15) is 6.04 Å². The Morgan fingerprint density at radius 1 is 1.30 bits per heavy atom. The van der Waals surface area contributed by atoms with Crippen LogP contribution >= 0.6 is 11.3 Å². The summed E-state index contributed by atoms with van der Waals surface area (Å²) < 4.78 is 10.6. The van der Waals surface area contributed by atoms with E-state index in [9.17, 15) is 14.4 Å². The van der Waals surface area contributed by atoms with Crippen molar-refractivity contribution in [2.24, 2.45) is 0 Å². The first-order chi connectivity index (χ1) is 14.2. The molecule has 4 amide bonds. The van der Waals surface area contributed by atoms with Gasteiger partial charge in [-0.3, -0.25) is 14.5 Å². The summed E-state index contributed by atoms with van der Waals surface area (Å²) in [5, 5.41) is 7.65. The number of urea groups is 1. The number of fused-ring (bicyclic) bond motifs is 1. The van der Waals surface area contributed by atoms with Crippen molar-refractivity contribution in [3.63, 3.8) is 0 Å². The summed E-state index contributed by atoms with van der Waals surface area (Å²) >= 11 is 1.33. The van der Waals surface area contributed by atoms with Gasteiger partial charge in [0, 0.05) is 10.8 Å². The molecule has 2 aromatic rings. The maximum atomic E-state index is 12.7. The highest BCUT2D eigenvalue weighted by Gasteiger charge is 2.39. The van der Waals surface area contributed by atoms with Gasteiger partial charge in [-0.1, -0.05) is 26.8 Å². The third-order valence-electron chi connectivity index (χ3n) is 4.79. The molecule has 1 aromatic carbocycles. The lowest BCUT2D eigenvalue weighted by atomic mass is 9.93. The Hall–Kier alpha value is -3.14. The van der Waals surface area contributed by atoms with Gasteiger partial charge in [-0.25, -0.2) is 9.78 Å². The molecule has 0 saturated carbocycles. The van der Waals surface area contributed by atoms with E-state index < -0.39 is 18.0 Å². The number of anilines is 1. The summed E-state index contributed by atoms with van der Waals surface area (Å²) in [5.74, 6) is 0.381. The van der Waals surface area contributed by atoms with Crippen molar-refractivity contribution in [3.05, 3.63) is 34.8 Å². The normalized spacial score (nSPS) is 18.0. The van der Waals surface area contributed by atoms with E-state index in [-0.39, 0.29) is 31.1 Å². The van der Waals surface area contributed by atoms with E-state index in [1.165, 1.54) is 11.3 Å². The number of carbonyl (C=O) groups excluding carboxylic acids is 3. The lowest BCUT2D eigenvalue weighted by Crippen LogP contribution is -2.34. The number of hydrogen-bond donors (Lipinski definition) is 2. The highest BCUT2D eigenvalue weighted by atomic mass is 32.1. The minimum atomic E-state index is -0.909. The van der Waals surface area contributed by atoms with Gasteiger partial charge in [0.05, 0.1) is 18.7 Å². The molecule has 9 nitrogen and oxygen atoms in total. The van der Waals surface area contributed by atoms with Crippen molar-refractivity contribution in [2.45, 2.75) is 45.2 Å². The molecule has 0 aliphatic carbocycles. The van der Waals surface area contributed by atoms with E-state index in [4.69, 9.17) is 9.47 Å². The Bertz CT molecular complexity index is 1010. The fourth-order valence-electron chi connectivity index (χ4n) is 3.12. The molecule has 2 N–H and O–H groups in total. The standard InChI is InChI=1S/C20H22N4O5S/c1-20(2,3)15-9-30-18(22-15)23-16(25)7-12-17(26)24(19(27)21-12)8-11-4-5-13-14(6-11)29-10-28-13/h4-6,9,12H,7-8,10H2,1-3H3,(H,21,27)(H,22,23,25)/t12-/m0/s1. The summed E-state index contributed by atoms with van der Waals surface area (Å²) in [7, 11) is 0. The fourth-order valence-corrected chi connectivity index (χ4v) is 4.07. The monoisotopic (exact) mass is 430 g/mol. The second-order valence-corrected chi connectivity index (χ2v) is 9.01. The molecule has 0 radical (unpaired) electrons. The van der Waals surface area contributed by atoms with Gasteiger partial charge in [0.25, 0.3) is 5.91 Å². The molecule has 0 unspecified atom stereocenters. The third kappa shape index (κ3) is 4.09. The molecular formula is C20H22N4O5S. The first-order valence-corrected chi connectivity index (χ1v) is 10.3. The van der Waals surface area contributed by atoms with E-state index in [2.05, 4.69) is 15.6 Å². The molecule has 3 heterocycles. The average Bonchev–Trinajstić information content (AvgIpc) is 3.38. The Kier molecular flexibility index (Phi) is 5.10. The Morgan fingerprint density at radius 2 is 2.07 bits per heavy atom. The van der Waals surface area contributed by atoms with Crippen molar-refractivity contribution in [2.75, 3.05) is 12.1 Å². The molecule has 1 aromatic heterocycles. The summed E-state index contributed by atoms with van der Waals surface area (Å²) in [4.78, 5) is 42.8. The van der Waals surface area contributed by atoms with E-state index in [0.29, 0.717) is 16.6 Å². The average molecular weight is 430 g/mol. The lowest BCUT2D eigenvalue weighted by Gasteiger charge is -2.14. The summed E-state index contributed by atoms with van der Waals surface area (Å²) in [6.07, 6.45) is -0.160. The highest BCUT2D eigenvalue weighted by Crippen LogP contribution is 2.33. The summed E-state index contributed by atoms with van der Waals surface area (Å²) in [5.41, 5.74) is 1.48. The predicted octanol–water partition coefficient (Wildman–Crippen LogP) is 2.62. The van der Waals surface area contributed by atoms with Gasteiger partial charge >= 0.3 is 6.03 Å². The van der Waals surface area contributed by atoms with Gasteiger partial charge in [0.2, 0.25) is 12.7 Å². The largest absolute Gasteiger partial charge is 0.454 e. The van der Waals surface area contributed by atoms with Crippen LogP contribution < -0.4 is 20.1 Å². The number of hydrogen-bond acceptors (Lipinski definition) is 7. The molecule has 0 bridgehead atoms. The minimum Gasteiger partial charge on any atom is -0.454 e. The molecule has 0 spiro atoms. The van der Waals surface area contributed by atoms with Crippen LogP contribution in [0.1, 0.15) is 38.4 Å². The van der Waals surface area contributed by atoms with Gasteiger partial charge in [-0.05, 0) is 17.7 Å². The molecular weight excluding hydrogens is 408 g/mol. The van der Waals surface area contributed by atoms with Crippen LogP contribution in [0.25, 0.3) is 0 Å². The first kappa shape index (κ1) is 20.1. The number of nitrogens with one attached hydrogen (secondary N) is 2. The number of nitrogens with zero attached hydrogens (tertiary/aromatic N) is 2. The van der Waals surface area contributed by atoms with E-state index in [0.717, 1.165) is 16.2 Å². The molecule has 2 aliphatic rings. The molecule has 10 heteroatoms. The lowest BCUT2D eigenvalue weighted by molar-refractivity contribution is -0.130. The number of ether oxygens (including phenoxy) is 2. The minimum absolute atomic E-state index is 0.0842. The number of rotatable bonds is 5. The number of benzene rings is 1.